The Labute approximate surface area is 262 Å². The quantitative estimate of drug-likeness (QED) is 0.155. The van der Waals surface area contributed by atoms with Gasteiger partial charge in [-0.3, -0.25) is 19.2 Å². The number of nitrogens with one attached hydrogen (secondary N) is 3. The number of hydrogen-bond donors (Lipinski definition) is 4. The van der Waals surface area contributed by atoms with Crippen molar-refractivity contribution in [3.8, 4) is 5.75 Å². The molecule has 12 nitrogen and oxygen atoms in total. The van der Waals surface area contributed by atoms with Gasteiger partial charge in [0.05, 0.1) is 28.0 Å². The summed E-state index contributed by atoms with van der Waals surface area (Å²) in [4.78, 5) is 22.9. The minimum atomic E-state index is -3.85. The fourth-order valence-electron chi connectivity index (χ4n) is 4.55. The lowest BCUT2D eigenvalue weighted by atomic mass is 10.0. The van der Waals surface area contributed by atoms with Gasteiger partial charge in [-0.2, -0.15) is 0 Å². The van der Waals surface area contributed by atoms with Gasteiger partial charge < -0.3 is 15.3 Å². The van der Waals surface area contributed by atoms with Gasteiger partial charge in [0.1, 0.15) is 0 Å². The Hall–Kier alpha value is -3.56. The molecule has 0 unspecified atom stereocenters. The third-order valence-electron chi connectivity index (χ3n) is 6.90. The van der Waals surface area contributed by atoms with Crippen LogP contribution in [0, 0.1) is 0 Å². The third-order valence-corrected chi connectivity index (χ3v) is 9.22. The summed E-state index contributed by atoms with van der Waals surface area (Å²) in [6.45, 7) is 3.46. The summed E-state index contributed by atoms with van der Waals surface area (Å²) in [5.74, 6) is -0.342. The topological polar surface area (TPSA) is 163 Å². The lowest BCUT2D eigenvalue weighted by Crippen LogP contribution is -2.43. The van der Waals surface area contributed by atoms with Crippen LogP contribution in [0.1, 0.15) is 37.9 Å². The summed E-state index contributed by atoms with van der Waals surface area (Å²) in [6.07, 6.45) is 2.00. The number of anilines is 3. The van der Waals surface area contributed by atoms with E-state index in [1.165, 1.54) is 30.3 Å². The Kier molecular flexibility index (Phi) is 11.0. The molecule has 1 saturated heterocycles. The average molecular weight is 667 g/mol. The maximum atomic E-state index is 12.8. The molecular weight excluding hydrogens is 632 g/mol. The molecular formula is C29H35ClN4O8S2. The van der Waals surface area contributed by atoms with Crippen molar-refractivity contribution in [3.63, 3.8) is 0 Å². The number of hydrogen-bond acceptors (Lipinski definition) is 10. The first-order valence-corrected chi connectivity index (χ1v) is 17.6. The highest BCUT2D eigenvalue weighted by Crippen LogP contribution is 2.28. The van der Waals surface area contributed by atoms with Crippen molar-refractivity contribution in [1.82, 2.24) is 5.32 Å². The zero-order valence-corrected chi connectivity index (χ0v) is 26.6. The van der Waals surface area contributed by atoms with Crippen LogP contribution >= 0.6 is 11.6 Å². The molecule has 0 aromatic heterocycles. The fourth-order valence-corrected chi connectivity index (χ4v) is 6.40. The predicted molar refractivity (Wildman–Crippen MR) is 169 cm³/mol. The smallest absolute Gasteiger partial charge is 0.355 e. The van der Waals surface area contributed by atoms with Gasteiger partial charge >= 0.3 is 5.97 Å². The van der Waals surface area contributed by atoms with E-state index in [1.54, 1.807) is 31.2 Å². The van der Waals surface area contributed by atoms with Crippen LogP contribution in [0.15, 0.2) is 71.6 Å². The molecule has 1 heterocycles. The van der Waals surface area contributed by atoms with Crippen molar-refractivity contribution in [2.24, 2.45) is 0 Å². The van der Waals surface area contributed by atoms with Crippen LogP contribution < -0.4 is 24.5 Å². The minimum absolute atomic E-state index is 0.0255. The van der Waals surface area contributed by atoms with E-state index in [1.807, 2.05) is 12.1 Å². The van der Waals surface area contributed by atoms with E-state index in [2.05, 4.69) is 24.5 Å². The molecule has 238 valence electrons. The molecule has 0 spiro atoms. The van der Waals surface area contributed by atoms with E-state index < -0.39 is 32.1 Å². The molecule has 44 heavy (non-hydrogen) atoms. The van der Waals surface area contributed by atoms with Gasteiger partial charge in [-0.05, 0) is 79.1 Å². The number of sulfonamides is 2. The first kappa shape index (κ1) is 33.3. The van der Waals surface area contributed by atoms with Gasteiger partial charge in [0.2, 0.25) is 10.0 Å². The standard InChI is InChI=1S/C29H35ClN4O8S2/c1-3-29(36)42-41-24-9-11-25(12-10-24)44(39,40)32-22-5-7-23(8-6-22)34-16-14-21(15-17-34)31-19-28(35)20-4-13-26(30)27(18-20)33-43(2,37)38/h4-13,18,21,28,31-33,35H,3,14-17,19H2,1-2H3/t28-/m0/s1. The number of nitrogens with zero attached hydrogens (tertiary/aromatic N) is 1. The Bertz CT molecular complexity index is 1650. The highest BCUT2D eigenvalue weighted by Gasteiger charge is 2.21. The molecule has 1 aliphatic rings. The molecule has 0 saturated carbocycles. The Morgan fingerprint density at radius 3 is 2.27 bits per heavy atom. The normalized spacial score (nSPS) is 15.0. The van der Waals surface area contributed by atoms with Crippen molar-refractivity contribution in [1.29, 1.82) is 0 Å². The number of aliphatic hydroxyl groups is 1. The third kappa shape index (κ3) is 9.47. The van der Waals surface area contributed by atoms with Crippen LogP contribution in [-0.4, -0.2) is 59.8 Å². The molecule has 0 amide bonds. The van der Waals surface area contributed by atoms with Crippen molar-refractivity contribution < 1.29 is 36.5 Å². The molecule has 3 aromatic carbocycles. The number of carbonyl (C=O) groups excluding carboxylic acids is 1. The molecule has 1 fully saturated rings. The SMILES string of the molecule is CCC(=O)OOc1ccc(S(=O)(=O)Nc2ccc(N3CCC(NC[C@H](O)c4ccc(Cl)c(NS(C)(=O)=O)c4)CC3)cc2)cc1. The average Bonchev–Trinajstić information content (AvgIpc) is 2.99. The number of aliphatic hydroxyl groups excluding tert-OH is 1. The monoisotopic (exact) mass is 666 g/mol. The Balaban J connectivity index is 1.25. The second-order valence-electron chi connectivity index (χ2n) is 10.3. The van der Waals surface area contributed by atoms with Crippen LogP contribution in [0.3, 0.4) is 0 Å². The van der Waals surface area contributed by atoms with Crippen LogP contribution in [0.4, 0.5) is 17.1 Å². The lowest BCUT2D eigenvalue weighted by molar-refractivity contribution is -0.213. The van der Waals surface area contributed by atoms with Crippen molar-refractivity contribution in [2.75, 3.05) is 40.2 Å². The zero-order chi connectivity index (χ0) is 31.9. The molecule has 3 aromatic rings. The number of halogens is 1. The molecule has 1 aliphatic heterocycles. The first-order chi connectivity index (χ1) is 20.8. The van der Waals surface area contributed by atoms with Crippen LogP contribution in [0.25, 0.3) is 0 Å². The summed E-state index contributed by atoms with van der Waals surface area (Å²) < 4.78 is 53.7. The van der Waals surface area contributed by atoms with Crippen molar-refractivity contribution in [2.45, 2.75) is 43.2 Å². The van der Waals surface area contributed by atoms with Gasteiger partial charge in [0.25, 0.3) is 10.0 Å². The van der Waals surface area contributed by atoms with Gasteiger partial charge in [0, 0.05) is 43.5 Å². The first-order valence-electron chi connectivity index (χ1n) is 13.9. The largest absolute Gasteiger partial charge is 0.387 e. The highest BCUT2D eigenvalue weighted by molar-refractivity contribution is 7.92. The van der Waals surface area contributed by atoms with E-state index in [9.17, 15) is 26.7 Å². The maximum Gasteiger partial charge on any atom is 0.355 e. The number of piperidine rings is 1. The van der Waals surface area contributed by atoms with E-state index in [0.717, 1.165) is 37.9 Å². The summed E-state index contributed by atoms with van der Waals surface area (Å²) in [5.41, 5.74) is 2.13. The Morgan fingerprint density at radius 1 is 1.00 bits per heavy atom. The molecule has 4 rings (SSSR count). The minimum Gasteiger partial charge on any atom is -0.387 e. The van der Waals surface area contributed by atoms with E-state index in [-0.39, 0.29) is 33.8 Å². The zero-order valence-electron chi connectivity index (χ0n) is 24.2. The van der Waals surface area contributed by atoms with Gasteiger partial charge in [-0.15, -0.1) is 0 Å². The lowest BCUT2D eigenvalue weighted by Gasteiger charge is -2.34. The molecule has 4 N–H and O–H groups in total. The van der Waals surface area contributed by atoms with Gasteiger partial charge in [-0.1, -0.05) is 24.6 Å². The number of benzene rings is 3. The van der Waals surface area contributed by atoms with E-state index in [0.29, 0.717) is 17.8 Å². The molecule has 0 radical (unpaired) electrons. The molecule has 0 bridgehead atoms. The van der Waals surface area contributed by atoms with Crippen LogP contribution in [0.2, 0.25) is 5.02 Å². The summed E-state index contributed by atoms with van der Waals surface area (Å²) >= 11 is 6.08. The van der Waals surface area contributed by atoms with Crippen LogP contribution in [0.5, 0.6) is 5.75 Å². The van der Waals surface area contributed by atoms with E-state index >= 15 is 0 Å². The number of rotatable bonds is 13. The second kappa shape index (κ2) is 14.5. The predicted octanol–water partition coefficient (Wildman–Crippen LogP) is 4.05. The van der Waals surface area contributed by atoms with Crippen molar-refractivity contribution in [3.05, 3.63) is 77.3 Å². The molecule has 1 atom stereocenters. The summed E-state index contributed by atoms with van der Waals surface area (Å²) in [5, 5.41) is 14.3. The highest BCUT2D eigenvalue weighted by atomic mass is 35.5. The fraction of sp³-hybridized carbons (Fsp3) is 0.345. The Morgan fingerprint density at radius 2 is 1.66 bits per heavy atom. The van der Waals surface area contributed by atoms with Gasteiger partial charge in [-0.25, -0.2) is 21.6 Å². The van der Waals surface area contributed by atoms with Crippen molar-refractivity contribution >= 4 is 54.7 Å². The number of carbonyl (C=O) groups is 1. The molecule has 0 aliphatic carbocycles. The van der Waals surface area contributed by atoms with E-state index in [4.69, 9.17) is 16.5 Å². The summed E-state index contributed by atoms with van der Waals surface area (Å²) in [7, 11) is -7.36. The van der Waals surface area contributed by atoms with Crippen LogP contribution in [-0.2, 0) is 29.7 Å². The van der Waals surface area contributed by atoms with Gasteiger partial charge in [0.15, 0.2) is 5.75 Å². The maximum absolute atomic E-state index is 12.8. The summed E-state index contributed by atoms with van der Waals surface area (Å²) in [6, 6.07) is 17.5. The second-order valence-corrected chi connectivity index (χ2v) is 14.2. The molecule has 15 heteroatoms.